The SMILES string of the molecule is CN(C)c1nccc(-c2ccc(CCN)cc2)n1.Cl. The molecule has 1 aromatic carbocycles. The average molecular weight is 279 g/mol. The van der Waals surface area contributed by atoms with Crippen LogP contribution in [0.15, 0.2) is 36.5 Å². The molecule has 0 fully saturated rings. The maximum Gasteiger partial charge on any atom is 0.225 e. The second-order valence-corrected chi connectivity index (χ2v) is 4.37. The molecule has 1 aromatic heterocycles. The molecule has 2 N–H and O–H groups in total. The van der Waals surface area contributed by atoms with Gasteiger partial charge in [-0.05, 0) is 24.6 Å². The van der Waals surface area contributed by atoms with Crippen molar-refractivity contribution in [2.75, 3.05) is 25.5 Å². The quantitative estimate of drug-likeness (QED) is 0.931. The summed E-state index contributed by atoms with van der Waals surface area (Å²) in [5, 5.41) is 0. The zero-order chi connectivity index (χ0) is 13.0. The third-order valence-corrected chi connectivity index (χ3v) is 2.73. The van der Waals surface area contributed by atoms with Gasteiger partial charge in [0, 0.05) is 25.9 Å². The summed E-state index contributed by atoms with van der Waals surface area (Å²) in [4.78, 5) is 10.6. The van der Waals surface area contributed by atoms with Gasteiger partial charge in [-0.1, -0.05) is 24.3 Å². The molecule has 0 amide bonds. The van der Waals surface area contributed by atoms with E-state index in [0.29, 0.717) is 6.54 Å². The lowest BCUT2D eigenvalue weighted by molar-refractivity contribution is 0.968. The number of nitrogens with zero attached hydrogens (tertiary/aromatic N) is 3. The summed E-state index contributed by atoms with van der Waals surface area (Å²) in [6.07, 6.45) is 2.69. The number of anilines is 1. The van der Waals surface area contributed by atoms with Gasteiger partial charge in [0.15, 0.2) is 0 Å². The minimum Gasteiger partial charge on any atom is -0.347 e. The van der Waals surface area contributed by atoms with E-state index in [4.69, 9.17) is 5.73 Å². The molecule has 5 heteroatoms. The van der Waals surface area contributed by atoms with Crippen LogP contribution in [0.1, 0.15) is 5.56 Å². The molecule has 0 aliphatic carbocycles. The molecule has 1 heterocycles. The Balaban J connectivity index is 0.00000180. The van der Waals surface area contributed by atoms with E-state index in [1.165, 1.54) is 5.56 Å². The summed E-state index contributed by atoms with van der Waals surface area (Å²) in [5.74, 6) is 0.721. The molecule has 0 aliphatic rings. The van der Waals surface area contributed by atoms with Crippen LogP contribution < -0.4 is 10.6 Å². The van der Waals surface area contributed by atoms with Crippen molar-refractivity contribution in [2.45, 2.75) is 6.42 Å². The fourth-order valence-electron chi connectivity index (χ4n) is 1.73. The van der Waals surface area contributed by atoms with E-state index < -0.39 is 0 Å². The van der Waals surface area contributed by atoms with E-state index in [0.717, 1.165) is 23.6 Å². The monoisotopic (exact) mass is 278 g/mol. The van der Waals surface area contributed by atoms with Gasteiger partial charge in [-0.25, -0.2) is 9.97 Å². The Kier molecular flexibility index (Phi) is 5.73. The van der Waals surface area contributed by atoms with E-state index in [1.807, 2.05) is 25.1 Å². The maximum absolute atomic E-state index is 5.54. The summed E-state index contributed by atoms with van der Waals surface area (Å²) >= 11 is 0. The second-order valence-electron chi connectivity index (χ2n) is 4.37. The molecular weight excluding hydrogens is 260 g/mol. The van der Waals surface area contributed by atoms with Crippen LogP contribution in [0.3, 0.4) is 0 Å². The van der Waals surface area contributed by atoms with E-state index in [1.54, 1.807) is 6.20 Å². The maximum atomic E-state index is 5.54. The van der Waals surface area contributed by atoms with Crippen molar-refractivity contribution >= 4 is 18.4 Å². The lowest BCUT2D eigenvalue weighted by Gasteiger charge is -2.11. The molecule has 0 saturated heterocycles. The minimum absolute atomic E-state index is 0. The highest BCUT2D eigenvalue weighted by Gasteiger charge is 2.03. The van der Waals surface area contributed by atoms with Gasteiger partial charge in [0.25, 0.3) is 0 Å². The van der Waals surface area contributed by atoms with Gasteiger partial charge in [-0.3, -0.25) is 0 Å². The molecule has 4 nitrogen and oxygen atoms in total. The average Bonchev–Trinajstić information content (AvgIpc) is 2.40. The van der Waals surface area contributed by atoms with Crippen molar-refractivity contribution in [3.8, 4) is 11.3 Å². The molecule has 0 atom stereocenters. The van der Waals surface area contributed by atoms with Crippen molar-refractivity contribution < 1.29 is 0 Å². The molecule has 19 heavy (non-hydrogen) atoms. The van der Waals surface area contributed by atoms with Gasteiger partial charge >= 0.3 is 0 Å². The topological polar surface area (TPSA) is 55.0 Å². The fraction of sp³-hybridized carbons (Fsp3) is 0.286. The predicted octanol–water partition coefficient (Wildman–Crippen LogP) is 2.13. The Morgan fingerprint density at radius 1 is 1.11 bits per heavy atom. The largest absolute Gasteiger partial charge is 0.347 e. The van der Waals surface area contributed by atoms with E-state index >= 15 is 0 Å². The van der Waals surface area contributed by atoms with E-state index in [2.05, 4.69) is 34.2 Å². The molecule has 0 aliphatic heterocycles. The number of hydrogen-bond donors (Lipinski definition) is 1. The lowest BCUT2D eigenvalue weighted by atomic mass is 10.1. The van der Waals surface area contributed by atoms with Crippen molar-refractivity contribution in [3.05, 3.63) is 42.1 Å². The third-order valence-electron chi connectivity index (χ3n) is 2.73. The first-order chi connectivity index (χ1) is 8.70. The Morgan fingerprint density at radius 2 is 1.79 bits per heavy atom. The molecule has 2 aromatic rings. The van der Waals surface area contributed by atoms with Gasteiger partial charge in [0.1, 0.15) is 0 Å². The zero-order valence-electron chi connectivity index (χ0n) is 11.2. The molecular formula is C14H19ClN4. The molecule has 0 radical (unpaired) electrons. The number of nitrogens with two attached hydrogens (primary N) is 1. The molecule has 2 rings (SSSR count). The standard InChI is InChI=1S/C14H18N4.ClH/c1-18(2)14-16-10-8-13(17-14)12-5-3-11(4-6-12)7-9-15;/h3-6,8,10H,7,9,15H2,1-2H3;1H. The molecule has 0 unspecified atom stereocenters. The van der Waals surface area contributed by atoms with E-state index in [-0.39, 0.29) is 12.4 Å². The normalized spacial score (nSPS) is 9.84. The van der Waals surface area contributed by atoms with Crippen molar-refractivity contribution in [1.82, 2.24) is 9.97 Å². The number of hydrogen-bond acceptors (Lipinski definition) is 4. The van der Waals surface area contributed by atoms with Crippen LogP contribution in [0.25, 0.3) is 11.3 Å². The highest BCUT2D eigenvalue weighted by Crippen LogP contribution is 2.19. The first-order valence-electron chi connectivity index (χ1n) is 6.00. The van der Waals surface area contributed by atoms with Crippen LogP contribution in [0, 0.1) is 0 Å². The molecule has 102 valence electrons. The summed E-state index contributed by atoms with van der Waals surface area (Å²) in [5.41, 5.74) is 8.83. The number of rotatable bonds is 4. The van der Waals surface area contributed by atoms with Crippen LogP contribution in [0.5, 0.6) is 0 Å². The lowest BCUT2D eigenvalue weighted by Crippen LogP contribution is -2.12. The summed E-state index contributed by atoms with van der Waals surface area (Å²) < 4.78 is 0. The first-order valence-corrected chi connectivity index (χ1v) is 6.00. The van der Waals surface area contributed by atoms with Gasteiger partial charge < -0.3 is 10.6 Å². The van der Waals surface area contributed by atoms with Gasteiger partial charge in [-0.2, -0.15) is 0 Å². The zero-order valence-corrected chi connectivity index (χ0v) is 12.0. The fourth-order valence-corrected chi connectivity index (χ4v) is 1.73. The van der Waals surface area contributed by atoms with Crippen LogP contribution in [-0.4, -0.2) is 30.6 Å². The first kappa shape index (κ1) is 15.4. The number of aromatic nitrogens is 2. The molecule has 0 spiro atoms. The van der Waals surface area contributed by atoms with Crippen LogP contribution in [0.2, 0.25) is 0 Å². The Hall–Kier alpha value is -1.65. The minimum atomic E-state index is 0. The summed E-state index contributed by atoms with van der Waals surface area (Å²) in [7, 11) is 3.87. The van der Waals surface area contributed by atoms with Crippen LogP contribution >= 0.6 is 12.4 Å². The van der Waals surface area contributed by atoms with Crippen molar-refractivity contribution in [3.63, 3.8) is 0 Å². The van der Waals surface area contributed by atoms with Crippen LogP contribution in [-0.2, 0) is 6.42 Å². The van der Waals surface area contributed by atoms with Gasteiger partial charge in [-0.15, -0.1) is 12.4 Å². The predicted molar refractivity (Wildman–Crippen MR) is 81.8 cm³/mol. The number of benzene rings is 1. The Morgan fingerprint density at radius 3 is 2.37 bits per heavy atom. The highest BCUT2D eigenvalue weighted by molar-refractivity contribution is 5.85. The smallest absolute Gasteiger partial charge is 0.225 e. The summed E-state index contributed by atoms with van der Waals surface area (Å²) in [6.45, 7) is 0.678. The molecule has 0 saturated carbocycles. The summed E-state index contributed by atoms with van der Waals surface area (Å²) in [6, 6.07) is 10.3. The van der Waals surface area contributed by atoms with Crippen molar-refractivity contribution in [2.24, 2.45) is 5.73 Å². The Labute approximate surface area is 120 Å². The van der Waals surface area contributed by atoms with E-state index in [9.17, 15) is 0 Å². The second kappa shape index (κ2) is 7.07. The Bertz CT molecular complexity index is 511. The van der Waals surface area contributed by atoms with Crippen LogP contribution in [0.4, 0.5) is 5.95 Å². The van der Waals surface area contributed by atoms with Gasteiger partial charge in [0.05, 0.1) is 5.69 Å². The van der Waals surface area contributed by atoms with Crippen molar-refractivity contribution in [1.29, 1.82) is 0 Å². The van der Waals surface area contributed by atoms with Gasteiger partial charge in [0.2, 0.25) is 5.95 Å². The molecule has 0 bridgehead atoms. The highest BCUT2D eigenvalue weighted by atomic mass is 35.5. The third kappa shape index (κ3) is 3.91. The number of halogens is 1.